The van der Waals surface area contributed by atoms with Crippen LogP contribution in [-0.4, -0.2) is 56.9 Å². The SMILES string of the molecule is CN(C)c1cc(N2CCC[C@@H](NS(=O)(=O)C3CC3)C2)ncn1. The van der Waals surface area contributed by atoms with Crippen molar-refractivity contribution in [3.8, 4) is 0 Å². The van der Waals surface area contributed by atoms with Gasteiger partial charge in [-0.3, -0.25) is 0 Å². The predicted molar refractivity (Wildman–Crippen MR) is 86.7 cm³/mol. The first-order chi connectivity index (χ1) is 10.5. The second kappa shape index (κ2) is 6.00. The van der Waals surface area contributed by atoms with Crippen molar-refractivity contribution in [2.45, 2.75) is 37.0 Å². The number of piperidine rings is 1. The molecule has 1 saturated heterocycles. The Kier molecular flexibility index (Phi) is 4.22. The first-order valence-corrected chi connectivity index (χ1v) is 9.26. The molecule has 122 valence electrons. The van der Waals surface area contributed by atoms with Crippen LogP contribution in [0.2, 0.25) is 0 Å². The van der Waals surface area contributed by atoms with Crippen LogP contribution in [0.4, 0.5) is 11.6 Å². The average molecular weight is 325 g/mol. The van der Waals surface area contributed by atoms with E-state index in [1.165, 1.54) is 0 Å². The van der Waals surface area contributed by atoms with E-state index in [0.29, 0.717) is 6.54 Å². The molecule has 0 unspecified atom stereocenters. The van der Waals surface area contributed by atoms with Crippen LogP contribution in [0.15, 0.2) is 12.4 Å². The first-order valence-electron chi connectivity index (χ1n) is 7.71. The van der Waals surface area contributed by atoms with Gasteiger partial charge in [-0.15, -0.1) is 0 Å². The van der Waals surface area contributed by atoms with E-state index >= 15 is 0 Å². The van der Waals surface area contributed by atoms with Crippen LogP contribution in [0.3, 0.4) is 0 Å². The van der Waals surface area contributed by atoms with Gasteiger partial charge in [-0.05, 0) is 25.7 Å². The number of hydrogen-bond acceptors (Lipinski definition) is 6. The lowest BCUT2D eigenvalue weighted by atomic mass is 10.1. The smallest absolute Gasteiger partial charge is 0.214 e. The van der Waals surface area contributed by atoms with Crippen LogP contribution in [0.25, 0.3) is 0 Å². The molecule has 1 aliphatic carbocycles. The summed E-state index contributed by atoms with van der Waals surface area (Å²) in [5.41, 5.74) is 0. The van der Waals surface area contributed by atoms with Gasteiger partial charge in [0.1, 0.15) is 18.0 Å². The summed E-state index contributed by atoms with van der Waals surface area (Å²) < 4.78 is 27.0. The van der Waals surface area contributed by atoms with Gasteiger partial charge in [-0.25, -0.2) is 23.1 Å². The van der Waals surface area contributed by atoms with Gasteiger partial charge in [0, 0.05) is 39.3 Å². The van der Waals surface area contributed by atoms with E-state index < -0.39 is 10.0 Å². The van der Waals surface area contributed by atoms with Crippen LogP contribution in [0.1, 0.15) is 25.7 Å². The van der Waals surface area contributed by atoms with Crippen molar-refractivity contribution in [3.05, 3.63) is 12.4 Å². The van der Waals surface area contributed by atoms with E-state index in [2.05, 4.69) is 19.6 Å². The molecule has 1 aliphatic heterocycles. The maximum Gasteiger partial charge on any atom is 0.214 e. The largest absolute Gasteiger partial charge is 0.363 e. The number of sulfonamides is 1. The Morgan fingerprint density at radius 3 is 2.73 bits per heavy atom. The third-order valence-corrected chi connectivity index (χ3v) is 6.15. The van der Waals surface area contributed by atoms with Crippen LogP contribution in [-0.2, 0) is 10.0 Å². The van der Waals surface area contributed by atoms with Crippen LogP contribution >= 0.6 is 0 Å². The summed E-state index contributed by atoms with van der Waals surface area (Å²) in [4.78, 5) is 12.6. The number of nitrogens with one attached hydrogen (secondary N) is 1. The second-order valence-electron chi connectivity index (χ2n) is 6.28. The molecule has 0 bridgehead atoms. The normalized spacial score (nSPS) is 22.6. The molecule has 1 aromatic rings. The molecule has 2 fully saturated rings. The highest BCUT2D eigenvalue weighted by Gasteiger charge is 2.37. The third-order valence-electron chi connectivity index (χ3n) is 4.14. The summed E-state index contributed by atoms with van der Waals surface area (Å²) in [5, 5.41) is -0.165. The fraction of sp³-hybridized carbons (Fsp3) is 0.714. The molecule has 0 radical (unpaired) electrons. The Morgan fingerprint density at radius 2 is 2.05 bits per heavy atom. The van der Waals surface area contributed by atoms with Crippen molar-refractivity contribution < 1.29 is 8.42 Å². The highest BCUT2D eigenvalue weighted by atomic mass is 32.2. The predicted octanol–water partition coefficient (Wildman–Crippen LogP) is 0.593. The van der Waals surface area contributed by atoms with E-state index in [0.717, 1.165) is 43.9 Å². The van der Waals surface area contributed by atoms with Gasteiger partial charge in [0.25, 0.3) is 0 Å². The Bertz CT molecular complexity index is 630. The summed E-state index contributed by atoms with van der Waals surface area (Å²) in [6.07, 6.45) is 4.99. The zero-order valence-electron chi connectivity index (χ0n) is 13.1. The molecular weight excluding hydrogens is 302 g/mol. The van der Waals surface area contributed by atoms with Crippen molar-refractivity contribution in [3.63, 3.8) is 0 Å². The third kappa shape index (κ3) is 3.49. The summed E-state index contributed by atoms with van der Waals surface area (Å²) in [6.45, 7) is 1.56. The van der Waals surface area contributed by atoms with Crippen molar-refractivity contribution in [1.29, 1.82) is 0 Å². The molecule has 0 aromatic carbocycles. The maximum atomic E-state index is 12.1. The molecule has 2 heterocycles. The van der Waals surface area contributed by atoms with Crippen LogP contribution < -0.4 is 14.5 Å². The molecule has 0 amide bonds. The molecule has 8 heteroatoms. The number of anilines is 2. The monoisotopic (exact) mass is 325 g/mol. The molecule has 3 rings (SSSR count). The van der Waals surface area contributed by atoms with Gasteiger partial charge < -0.3 is 9.80 Å². The maximum absolute atomic E-state index is 12.1. The molecule has 1 atom stereocenters. The standard InChI is InChI=1S/C14H23N5O2S/c1-18(2)13-8-14(16-10-15-13)19-7-3-4-11(9-19)17-22(20,21)12-5-6-12/h8,10-12,17H,3-7,9H2,1-2H3/t11-/m1/s1. The van der Waals surface area contributed by atoms with Gasteiger partial charge in [0.05, 0.1) is 5.25 Å². The minimum absolute atomic E-state index is 0.0304. The van der Waals surface area contributed by atoms with Gasteiger partial charge in [0.15, 0.2) is 0 Å². The number of aromatic nitrogens is 2. The zero-order valence-corrected chi connectivity index (χ0v) is 13.9. The Morgan fingerprint density at radius 1 is 1.27 bits per heavy atom. The van der Waals surface area contributed by atoms with E-state index in [-0.39, 0.29) is 11.3 Å². The van der Waals surface area contributed by atoms with Crippen molar-refractivity contribution in [2.24, 2.45) is 0 Å². The van der Waals surface area contributed by atoms with Crippen LogP contribution in [0, 0.1) is 0 Å². The second-order valence-corrected chi connectivity index (χ2v) is 8.27. The van der Waals surface area contributed by atoms with Gasteiger partial charge >= 0.3 is 0 Å². The molecule has 7 nitrogen and oxygen atoms in total. The summed E-state index contributed by atoms with van der Waals surface area (Å²) in [5.74, 6) is 1.71. The summed E-state index contributed by atoms with van der Waals surface area (Å²) in [7, 11) is 0.747. The number of nitrogens with zero attached hydrogens (tertiary/aromatic N) is 4. The first kappa shape index (κ1) is 15.5. The molecular formula is C14H23N5O2S. The average Bonchev–Trinajstić information content (AvgIpc) is 3.32. The Hall–Kier alpha value is -1.41. The van der Waals surface area contributed by atoms with Crippen molar-refractivity contribution >= 4 is 21.7 Å². The highest BCUT2D eigenvalue weighted by Crippen LogP contribution is 2.28. The fourth-order valence-electron chi connectivity index (χ4n) is 2.74. The molecule has 22 heavy (non-hydrogen) atoms. The molecule has 1 saturated carbocycles. The van der Waals surface area contributed by atoms with Crippen molar-refractivity contribution in [1.82, 2.24) is 14.7 Å². The zero-order chi connectivity index (χ0) is 15.7. The molecule has 0 spiro atoms. The van der Waals surface area contributed by atoms with E-state index in [1.807, 2.05) is 25.1 Å². The van der Waals surface area contributed by atoms with Crippen LogP contribution in [0.5, 0.6) is 0 Å². The van der Waals surface area contributed by atoms with E-state index in [4.69, 9.17) is 0 Å². The minimum Gasteiger partial charge on any atom is -0.363 e. The van der Waals surface area contributed by atoms with Gasteiger partial charge in [-0.1, -0.05) is 0 Å². The quantitative estimate of drug-likeness (QED) is 0.854. The van der Waals surface area contributed by atoms with E-state index in [1.54, 1.807) is 6.33 Å². The highest BCUT2D eigenvalue weighted by molar-refractivity contribution is 7.90. The minimum atomic E-state index is -3.13. The summed E-state index contributed by atoms with van der Waals surface area (Å²) >= 11 is 0. The molecule has 1 aromatic heterocycles. The fourth-order valence-corrected chi connectivity index (χ4v) is 4.35. The summed E-state index contributed by atoms with van der Waals surface area (Å²) in [6, 6.07) is 1.91. The van der Waals surface area contributed by atoms with Crippen molar-refractivity contribution in [2.75, 3.05) is 37.0 Å². The van der Waals surface area contributed by atoms with E-state index in [9.17, 15) is 8.42 Å². The topological polar surface area (TPSA) is 78.4 Å². The number of rotatable bonds is 5. The Balaban J connectivity index is 1.69. The lowest BCUT2D eigenvalue weighted by molar-refractivity contribution is 0.463. The number of hydrogen-bond donors (Lipinski definition) is 1. The lowest BCUT2D eigenvalue weighted by Crippen LogP contribution is -2.48. The Labute approximate surface area is 131 Å². The van der Waals surface area contributed by atoms with Gasteiger partial charge in [0.2, 0.25) is 10.0 Å². The lowest BCUT2D eigenvalue weighted by Gasteiger charge is -2.34. The molecule has 1 N–H and O–H groups in total. The van der Waals surface area contributed by atoms with Gasteiger partial charge in [-0.2, -0.15) is 0 Å². The molecule has 2 aliphatic rings.